The lowest BCUT2D eigenvalue weighted by atomic mass is 10.0. The number of anilines is 1. The minimum atomic E-state index is -0.219. The third-order valence-corrected chi connectivity index (χ3v) is 6.36. The zero-order valence-electron chi connectivity index (χ0n) is 22.6. The highest BCUT2D eigenvalue weighted by molar-refractivity contribution is 6.04. The van der Waals surface area contributed by atoms with Crippen LogP contribution in [0.3, 0.4) is 0 Å². The largest absolute Gasteiger partial charge is 0.494 e. The fourth-order valence-electron chi connectivity index (χ4n) is 4.58. The lowest BCUT2D eigenvalue weighted by Crippen LogP contribution is -2.09. The Kier molecular flexibility index (Phi) is 10.8. The number of nitrogens with zero attached hydrogens (tertiary/aromatic N) is 1. The summed E-state index contributed by atoms with van der Waals surface area (Å²) in [4.78, 5) is 24.2. The van der Waals surface area contributed by atoms with Crippen molar-refractivity contribution in [3.63, 3.8) is 0 Å². The van der Waals surface area contributed by atoms with E-state index in [1.165, 1.54) is 36.6 Å². The van der Waals surface area contributed by atoms with Crippen molar-refractivity contribution in [2.24, 2.45) is 0 Å². The van der Waals surface area contributed by atoms with Crippen LogP contribution >= 0.6 is 0 Å². The Hall–Kier alpha value is -3.54. The van der Waals surface area contributed by atoms with Crippen LogP contribution in [0.5, 0.6) is 5.75 Å². The van der Waals surface area contributed by atoms with Gasteiger partial charge in [-0.15, -0.1) is 0 Å². The van der Waals surface area contributed by atoms with Gasteiger partial charge in [0, 0.05) is 47.4 Å². The first-order valence-electron chi connectivity index (χ1n) is 13.4. The van der Waals surface area contributed by atoms with Crippen LogP contribution in [-0.4, -0.2) is 29.7 Å². The fraction of sp³-hybridized carbons (Fsp3) is 0.419. The van der Waals surface area contributed by atoms with Gasteiger partial charge >= 0.3 is 5.97 Å². The molecule has 2 aromatic carbocycles. The summed E-state index contributed by atoms with van der Waals surface area (Å²) in [5.74, 6) is 0.227. The van der Waals surface area contributed by atoms with Crippen molar-refractivity contribution in [3.8, 4) is 5.75 Å². The number of carbonyl (C=O) groups is 2. The van der Waals surface area contributed by atoms with E-state index in [2.05, 4.69) is 54.2 Å². The topological polar surface area (TPSA) is 69.6 Å². The highest BCUT2D eigenvalue weighted by Crippen LogP contribution is 2.29. The van der Waals surface area contributed by atoms with Gasteiger partial charge in [-0.2, -0.15) is 0 Å². The van der Waals surface area contributed by atoms with Gasteiger partial charge in [0.05, 0.1) is 13.2 Å². The molecule has 0 radical (unpaired) electrons. The van der Waals surface area contributed by atoms with Crippen molar-refractivity contribution >= 4 is 34.0 Å². The van der Waals surface area contributed by atoms with Crippen molar-refractivity contribution in [1.29, 1.82) is 0 Å². The van der Waals surface area contributed by atoms with E-state index in [4.69, 9.17) is 9.47 Å². The molecule has 1 N–H and O–H groups in total. The lowest BCUT2D eigenvalue weighted by molar-refractivity contribution is -0.143. The number of aromatic nitrogens is 1. The Balaban J connectivity index is 1.62. The maximum absolute atomic E-state index is 12.7. The summed E-state index contributed by atoms with van der Waals surface area (Å²) >= 11 is 0. The normalized spacial score (nSPS) is 11.6. The van der Waals surface area contributed by atoms with Gasteiger partial charge in [-0.25, -0.2) is 0 Å². The second-order valence-corrected chi connectivity index (χ2v) is 9.33. The van der Waals surface area contributed by atoms with E-state index in [0.717, 1.165) is 11.1 Å². The second kappa shape index (κ2) is 14.3. The Labute approximate surface area is 220 Å². The molecule has 1 heterocycles. The number of allylic oxidation sites excluding steroid dienone is 1. The number of hydrogen-bond donors (Lipinski definition) is 1. The molecule has 0 fully saturated rings. The Morgan fingerprint density at radius 2 is 1.81 bits per heavy atom. The standard InChI is InChI=1S/C31H40N2O4/c1-5-10-27(11-6-2)33-18-17-25-21-24(15-16-29(25)33)23(4)20-30(34)32-26-12-8-13-28(22-26)37-19-9-14-31(35)36-7-3/h8,12-13,15-18,20-22,27H,5-7,9-11,14,19H2,1-4H3,(H,32,34)/b23-20-. The fourth-order valence-corrected chi connectivity index (χ4v) is 4.58. The van der Waals surface area contributed by atoms with Crippen molar-refractivity contribution < 1.29 is 19.1 Å². The molecular formula is C31H40N2O4. The minimum Gasteiger partial charge on any atom is -0.494 e. The molecule has 6 heteroatoms. The SMILES string of the molecule is CCCC(CCC)n1ccc2cc(/C(C)=C\C(=O)Nc3cccc(OCCCC(=O)OCC)c3)ccc21. The van der Waals surface area contributed by atoms with Crippen LogP contribution in [0, 0.1) is 0 Å². The van der Waals surface area contributed by atoms with E-state index >= 15 is 0 Å². The first-order chi connectivity index (χ1) is 17.9. The summed E-state index contributed by atoms with van der Waals surface area (Å²) in [5.41, 5.74) is 3.83. The number of carbonyl (C=O) groups excluding carboxylic acids is 2. The van der Waals surface area contributed by atoms with Gasteiger partial charge in [0.25, 0.3) is 0 Å². The molecule has 0 aliphatic rings. The van der Waals surface area contributed by atoms with E-state index < -0.39 is 0 Å². The Morgan fingerprint density at radius 3 is 2.54 bits per heavy atom. The summed E-state index contributed by atoms with van der Waals surface area (Å²) in [7, 11) is 0. The number of amides is 1. The van der Waals surface area contributed by atoms with Gasteiger partial charge < -0.3 is 19.4 Å². The maximum Gasteiger partial charge on any atom is 0.305 e. The van der Waals surface area contributed by atoms with E-state index in [1.54, 1.807) is 19.1 Å². The number of nitrogens with one attached hydrogen (secondary N) is 1. The first kappa shape index (κ1) is 28.0. The number of fused-ring (bicyclic) bond motifs is 1. The average molecular weight is 505 g/mol. The van der Waals surface area contributed by atoms with Gasteiger partial charge in [-0.05, 0) is 74.6 Å². The van der Waals surface area contributed by atoms with Gasteiger partial charge in [-0.3, -0.25) is 9.59 Å². The summed E-state index contributed by atoms with van der Waals surface area (Å²) in [6.45, 7) is 9.01. The van der Waals surface area contributed by atoms with Crippen LogP contribution in [0.4, 0.5) is 5.69 Å². The lowest BCUT2D eigenvalue weighted by Gasteiger charge is -2.19. The quantitative estimate of drug-likeness (QED) is 0.140. The van der Waals surface area contributed by atoms with Crippen molar-refractivity contribution in [2.75, 3.05) is 18.5 Å². The molecule has 3 rings (SSSR count). The number of benzene rings is 2. The van der Waals surface area contributed by atoms with Crippen LogP contribution in [0.1, 0.15) is 77.8 Å². The van der Waals surface area contributed by atoms with E-state index in [1.807, 2.05) is 25.1 Å². The highest BCUT2D eigenvalue weighted by Gasteiger charge is 2.12. The Morgan fingerprint density at radius 1 is 1.03 bits per heavy atom. The molecule has 1 aromatic heterocycles. The molecule has 198 valence electrons. The molecule has 1 amide bonds. The smallest absolute Gasteiger partial charge is 0.305 e. The Bertz CT molecular complexity index is 1200. The predicted molar refractivity (Wildman–Crippen MR) is 151 cm³/mol. The van der Waals surface area contributed by atoms with Gasteiger partial charge in [0.2, 0.25) is 5.91 Å². The summed E-state index contributed by atoms with van der Waals surface area (Å²) in [6, 6.07) is 16.4. The van der Waals surface area contributed by atoms with Crippen LogP contribution in [0.25, 0.3) is 16.5 Å². The summed E-state index contributed by atoms with van der Waals surface area (Å²) in [6.07, 6.45) is 9.42. The van der Waals surface area contributed by atoms with E-state index in [9.17, 15) is 9.59 Å². The van der Waals surface area contributed by atoms with Crippen LogP contribution in [0.15, 0.2) is 60.8 Å². The third kappa shape index (κ3) is 8.24. The van der Waals surface area contributed by atoms with Gasteiger partial charge in [0.15, 0.2) is 0 Å². The molecule has 0 atom stereocenters. The third-order valence-electron chi connectivity index (χ3n) is 6.36. The molecule has 0 saturated carbocycles. The first-order valence-corrected chi connectivity index (χ1v) is 13.4. The molecule has 0 spiro atoms. The van der Waals surface area contributed by atoms with E-state index in [-0.39, 0.29) is 11.9 Å². The summed E-state index contributed by atoms with van der Waals surface area (Å²) in [5, 5.41) is 4.11. The van der Waals surface area contributed by atoms with Crippen LogP contribution in [-0.2, 0) is 14.3 Å². The van der Waals surface area contributed by atoms with Crippen molar-refractivity contribution in [1.82, 2.24) is 4.57 Å². The van der Waals surface area contributed by atoms with Crippen molar-refractivity contribution in [2.45, 2.75) is 72.3 Å². The number of ether oxygens (including phenoxy) is 2. The average Bonchev–Trinajstić information content (AvgIpc) is 3.30. The number of esters is 1. The number of rotatable bonds is 14. The van der Waals surface area contributed by atoms with Gasteiger partial charge in [0.1, 0.15) is 5.75 Å². The highest BCUT2D eigenvalue weighted by atomic mass is 16.5. The molecule has 0 aliphatic carbocycles. The molecule has 0 bridgehead atoms. The van der Waals surface area contributed by atoms with Crippen molar-refractivity contribution in [3.05, 3.63) is 66.4 Å². The van der Waals surface area contributed by atoms with E-state index in [0.29, 0.717) is 43.5 Å². The van der Waals surface area contributed by atoms with Gasteiger partial charge in [-0.1, -0.05) is 38.8 Å². The zero-order valence-corrected chi connectivity index (χ0v) is 22.6. The zero-order chi connectivity index (χ0) is 26.6. The maximum atomic E-state index is 12.7. The summed E-state index contributed by atoms with van der Waals surface area (Å²) < 4.78 is 13.0. The molecule has 0 unspecified atom stereocenters. The molecule has 0 aliphatic heterocycles. The van der Waals surface area contributed by atoms with Crippen LogP contribution in [0.2, 0.25) is 0 Å². The number of hydrogen-bond acceptors (Lipinski definition) is 4. The molecule has 0 saturated heterocycles. The monoisotopic (exact) mass is 504 g/mol. The second-order valence-electron chi connectivity index (χ2n) is 9.33. The molecule has 37 heavy (non-hydrogen) atoms. The molecular weight excluding hydrogens is 464 g/mol. The minimum absolute atomic E-state index is 0.194. The molecule has 3 aromatic rings. The predicted octanol–water partition coefficient (Wildman–Crippen LogP) is 7.55. The van der Waals surface area contributed by atoms with Crippen LogP contribution < -0.4 is 10.1 Å². The molecule has 6 nitrogen and oxygen atoms in total.